The molecule has 1 fully saturated rings. The molecule has 0 saturated heterocycles. The summed E-state index contributed by atoms with van der Waals surface area (Å²) in [6.45, 7) is 0.241. The first-order valence-electron chi connectivity index (χ1n) is 5.42. The second kappa shape index (κ2) is 4.50. The van der Waals surface area contributed by atoms with E-state index in [1.165, 1.54) is 12.3 Å². The van der Waals surface area contributed by atoms with Crippen LogP contribution in [-0.2, 0) is 0 Å². The number of halogens is 1. The summed E-state index contributed by atoms with van der Waals surface area (Å²) in [4.78, 5) is 15.6. The van der Waals surface area contributed by atoms with Gasteiger partial charge in [0.15, 0.2) is 0 Å². The van der Waals surface area contributed by atoms with Crippen molar-refractivity contribution >= 4 is 23.2 Å². The number of nitrogens with two attached hydrogens (primary N) is 1. The number of nitrogens with zero attached hydrogens (tertiary/aromatic N) is 1. The summed E-state index contributed by atoms with van der Waals surface area (Å²) in [6.07, 6.45) is 3.78. The number of anilines is 1. The van der Waals surface area contributed by atoms with Gasteiger partial charge in [0.05, 0.1) is 23.0 Å². The molecule has 17 heavy (non-hydrogen) atoms. The number of rotatable bonds is 3. The van der Waals surface area contributed by atoms with Crippen molar-refractivity contribution in [1.82, 2.24) is 10.3 Å². The number of carbonyl (C=O) groups excluding carboxylic acids is 1. The first-order valence-corrected chi connectivity index (χ1v) is 5.80. The summed E-state index contributed by atoms with van der Waals surface area (Å²) < 4.78 is 0. The predicted molar refractivity (Wildman–Crippen MR) is 64.8 cm³/mol. The molecule has 4 N–H and O–H groups in total. The lowest BCUT2D eigenvalue weighted by Crippen LogP contribution is -2.47. The first-order chi connectivity index (χ1) is 8.00. The number of pyridine rings is 1. The van der Waals surface area contributed by atoms with Crippen molar-refractivity contribution in [2.24, 2.45) is 0 Å². The molecule has 0 atom stereocenters. The van der Waals surface area contributed by atoms with Gasteiger partial charge >= 0.3 is 0 Å². The third-order valence-electron chi connectivity index (χ3n) is 3.01. The van der Waals surface area contributed by atoms with E-state index in [-0.39, 0.29) is 28.9 Å². The Hall–Kier alpha value is -1.33. The van der Waals surface area contributed by atoms with Gasteiger partial charge in [-0.25, -0.2) is 4.98 Å². The summed E-state index contributed by atoms with van der Waals surface area (Å²) in [5.74, 6) is -0.341. The summed E-state index contributed by atoms with van der Waals surface area (Å²) in [5.41, 5.74) is 5.44. The normalized spacial score (nSPS) is 17.3. The van der Waals surface area contributed by atoms with Gasteiger partial charge in [0.1, 0.15) is 5.15 Å². The van der Waals surface area contributed by atoms with Gasteiger partial charge in [-0.3, -0.25) is 4.79 Å². The van der Waals surface area contributed by atoms with E-state index >= 15 is 0 Å². The van der Waals surface area contributed by atoms with Crippen molar-refractivity contribution in [2.75, 3.05) is 12.3 Å². The number of nitrogen functional groups attached to an aromatic ring is 1. The van der Waals surface area contributed by atoms with Gasteiger partial charge in [0.2, 0.25) is 0 Å². The molecule has 92 valence electrons. The predicted octanol–water partition coefficient (Wildman–Crippen LogP) is 0.962. The van der Waals surface area contributed by atoms with Crippen molar-refractivity contribution in [3.63, 3.8) is 0 Å². The first kappa shape index (κ1) is 12.1. The Morgan fingerprint density at radius 3 is 2.94 bits per heavy atom. The molecular formula is C11H14ClN3O2. The van der Waals surface area contributed by atoms with Crippen LogP contribution >= 0.6 is 11.6 Å². The molecule has 0 radical (unpaired) electrons. The topological polar surface area (TPSA) is 88.2 Å². The molecule has 0 aliphatic heterocycles. The molecule has 0 aromatic carbocycles. The summed E-state index contributed by atoms with van der Waals surface area (Å²) in [5, 5.41) is 12.7. The highest BCUT2D eigenvalue weighted by Crippen LogP contribution is 2.30. The Kier molecular flexibility index (Phi) is 3.22. The molecule has 1 aliphatic carbocycles. The Bertz CT molecular complexity index is 446. The van der Waals surface area contributed by atoms with Crippen LogP contribution in [0.2, 0.25) is 5.15 Å². The second-order valence-electron chi connectivity index (χ2n) is 4.35. The molecule has 2 rings (SSSR count). The molecule has 1 saturated carbocycles. The van der Waals surface area contributed by atoms with Crippen LogP contribution in [0.3, 0.4) is 0 Å². The van der Waals surface area contributed by atoms with E-state index in [2.05, 4.69) is 10.3 Å². The fourth-order valence-corrected chi connectivity index (χ4v) is 1.90. The zero-order valence-corrected chi connectivity index (χ0v) is 10.00. The van der Waals surface area contributed by atoms with Crippen molar-refractivity contribution in [3.05, 3.63) is 23.0 Å². The minimum absolute atomic E-state index is 0.215. The fraction of sp³-hybridized carbons (Fsp3) is 0.455. The number of nitrogens with one attached hydrogen (secondary N) is 1. The molecule has 1 aromatic rings. The average Bonchev–Trinajstić information content (AvgIpc) is 2.26. The van der Waals surface area contributed by atoms with Crippen molar-refractivity contribution in [3.8, 4) is 0 Å². The number of aliphatic hydroxyl groups is 1. The van der Waals surface area contributed by atoms with Crippen LogP contribution in [0.5, 0.6) is 0 Å². The zero-order chi connectivity index (χ0) is 12.5. The van der Waals surface area contributed by atoms with E-state index in [9.17, 15) is 9.90 Å². The Labute approximate surface area is 104 Å². The van der Waals surface area contributed by atoms with Gasteiger partial charge in [0.25, 0.3) is 5.91 Å². The van der Waals surface area contributed by atoms with Crippen LogP contribution in [0.4, 0.5) is 5.69 Å². The molecule has 1 amide bonds. The third-order valence-corrected chi connectivity index (χ3v) is 3.22. The lowest BCUT2D eigenvalue weighted by atomic mass is 9.80. The second-order valence-corrected chi connectivity index (χ2v) is 4.74. The van der Waals surface area contributed by atoms with Crippen LogP contribution < -0.4 is 11.1 Å². The molecule has 5 nitrogen and oxygen atoms in total. The Morgan fingerprint density at radius 1 is 1.65 bits per heavy atom. The molecule has 1 heterocycles. The Morgan fingerprint density at radius 2 is 2.35 bits per heavy atom. The number of aromatic nitrogens is 1. The van der Waals surface area contributed by atoms with E-state index in [0.717, 1.165) is 19.3 Å². The summed E-state index contributed by atoms with van der Waals surface area (Å²) >= 11 is 5.69. The van der Waals surface area contributed by atoms with Crippen LogP contribution in [0, 0.1) is 0 Å². The smallest absolute Gasteiger partial charge is 0.253 e. The maximum absolute atomic E-state index is 11.8. The lowest BCUT2D eigenvalue weighted by Gasteiger charge is -2.36. The van der Waals surface area contributed by atoms with Crippen LogP contribution in [0.1, 0.15) is 29.6 Å². The van der Waals surface area contributed by atoms with Gasteiger partial charge in [0, 0.05) is 6.54 Å². The van der Waals surface area contributed by atoms with E-state index in [1.54, 1.807) is 0 Å². The van der Waals surface area contributed by atoms with Gasteiger partial charge in [-0.15, -0.1) is 0 Å². The molecule has 1 aromatic heterocycles. The van der Waals surface area contributed by atoms with Crippen LogP contribution in [-0.4, -0.2) is 28.1 Å². The fourth-order valence-electron chi connectivity index (χ4n) is 1.74. The Balaban J connectivity index is 2.01. The standard InChI is InChI=1S/C11H14ClN3O2/c12-9-4-7(8(13)5-14-9)10(16)15-6-11(17)2-1-3-11/h4-5,17H,1-3,6,13H2,(H,15,16). The third kappa shape index (κ3) is 2.68. The van der Waals surface area contributed by atoms with E-state index in [4.69, 9.17) is 17.3 Å². The van der Waals surface area contributed by atoms with Gasteiger partial charge in [-0.05, 0) is 25.3 Å². The minimum atomic E-state index is -0.749. The lowest BCUT2D eigenvalue weighted by molar-refractivity contribution is -0.0300. The highest BCUT2D eigenvalue weighted by molar-refractivity contribution is 6.29. The minimum Gasteiger partial charge on any atom is -0.397 e. The SMILES string of the molecule is Nc1cnc(Cl)cc1C(=O)NCC1(O)CCC1. The summed E-state index contributed by atoms with van der Waals surface area (Å²) in [6, 6.07) is 1.41. The maximum Gasteiger partial charge on any atom is 0.253 e. The van der Waals surface area contributed by atoms with Crippen LogP contribution in [0.15, 0.2) is 12.3 Å². The molecular weight excluding hydrogens is 242 g/mol. The van der Waals surface area contributed by atoms with E-state index in [1.807, 2.05) is 0 Å². The number of amides is 1. The van der Waals surface area contributed by atoms with Crippen molar-refractivity contribution in [2.45, 2.75) is 24.9 Å². The number of hydrogen-bond acceptors (Lipinski definition) is 4. The highest BCUT2D eigenvalue weighted by Gasteiger charge is 2.34. The van der Waals surface area contributed by atoms with E-state index < -0.39 is 5.60 Å². The quantitative estimate of drug-likeness (QED) is 0.702. The van der Waals surface area contributed by atoms with Crippen LogP contribution in [0.25, 0.3) is 0 Å². The van der Waals surface area contributed by atoms with Gasteiger partial charge < -0.3 is 16.2 Å². The molecule has 0 spiro atoms. The number of carbonyl (C=O) groups is 1. The largest absolute Gasteiger partial charge is 0.397 e. The molecule has 0 unspecified atom stereocenters. The molecule has 0 bridgehead atoms. The monoisotopic (exact) mass is 255 g/mol. The van der Waals surface area contributed by atoms with Crippen molar-refractivity contribution in [1.29, 1.82) is 0 Å². The maximum atomic E-state index is 11.8. The average molecular weight is 256 g/mol. The van der Waals surface area contributed by atoms with Gasteiger partial charge in [-0.1, -0.05) is 11.6 Å². The summed E-state index contributed by atoms with van der Waals surface area (Å²) in [7, 11) is 0. The van der Waals surface area contributed by atoms with Gasteiger partial charge in [-0.2, -0.15) is 0 Å². The highest BCUT2D eigenvalue weighted by atomic mass is 35.5. The number of hydrogen-bond donors (Lipinski definition) is 3. The molecule has 1 aliphatic rings. The zero-order valence-electron chi connectivity index (χ0n) is 9.24. The van der Waals surface area contributed by atoms with Crippen molar-refractivity contribution < 1.29 is 9.90 Å². The van der Waals surface area contributed by atoms with E-state index in [0.29, 0.717) is 0 Å². The molecule has 6 heteroatoms.